The van der Waals surface area contributed by atoms with Gasteiger partial charge in [-0.05, 0) is 54.7 Å². The van der Waals surface area contributed by atoms with Crippen LogP contribution < -0.4 is 5.32 Å². The Balaban J connectivity index is 1.89. The third-order valence-corrected chi connectivity index (χ3v) is 4.99. The Morgan fingerprint density at radius 1 is 1.25 bits per heavy atom. The lowest BCUT2D eigenvalue weighted by molar-refractivity contribution is 0.0780. The summed E-state index contributed by atoms with van der Waals surface area (Å²) in [6.07, 6.45) is 5.94. The summed E-state index contributed by atoms with van der Waals surface area (Å²) >= 11 is 2.40. The van der Waals surface area contributed by atoms with Crippen molar-refractivity contribution in [2.45, 2.75) is 50.9 Å². The van der Waals surface area contributed by atoms with Gasteiger partial charge in [-0.3, -0.25) is 0 Å². The molecule has 1 atom stereocenters. The molecule has 2 heterocycles. The van der Waals surface area contributed by atoms with E-state index in [1.54, 1.807) is 0 Å². The number of rotatable bonds is 5. The summed E-state index contributed by atoms with van der Waals surface area (Å²) in [5.41, 5.74) is 1.26. The summed E-state index contributed by atoms with van der Waals surface area (Å²) in [7, 11) is 0. The van der Waals surface area contributed by atoms with Gasteiger partial charge in [0.25, 0.3) is 0 Å². The van der Waals surface area contributed by atoms with Crippen LogP contribution >= 0.6 is 22.6 Å². The quantitative estimate of drug-likeness (QED) is 0.784. The van der Waals surface area contributed by atoms with Gasteiger partial charge in [-0.25, -0.2) is 9.97 Å². The number of aromatic nitrogens is 2. The van der Waals surface area contributed by atoms with E-state index in [1.165, 1.54) is 22.1 Å². The van der Waals surface area contributed by atoms with Crippen molar-refractivity contribution in [3.05, 3.63) is 15.1 Å². The van der Waals surface area contributed by atoms with E-state index in [0.717, 1.165) is 50.7 Å². The predicted octanol–water partition coefficient (Wildman–Crippen LogP) is 3.67. The molecule has 1 N–H and O–H groups in total. The van der Waals surface area contributed by atoms with Crippen LogP contribution in [-0.2, 0) is 4.74 Å². The lowest BCUT2D eigenvalue weighted by atomic mass is 10.0. The molecule has 1 saturated heterocycles. The average molecular weight is 387 g/mol. The Kier molecular flexibility index (Phi) is 4.75. The van der Waals surface area contributed by atoms with E-state index >= 15 is 0 Å². The molecule has 110 valence electrons. The Labute approximate surface area is 134 Å². The molecule has 1 unspecified atom stereocenters. The summed E-state index contributed by atoms with van der Waals surface area (Å²) in [5.74, 6) is 3.06. The van der Waals surface area contributed by atoms with Crippen molar-refractivity contribution >= 4 is 28.4 Å². The average Bonchev–Trinajstić information content (AvgIpc) is 3.32. The Hall–Kier alpha value is -0.430. The molecule has 2 fully saturated rings. The highest BCUT2D eigenvalue weighted by Gasteiger charge is 2.31. The van der Waals surface area contributed by atoms with Crippen molar-refractivity contribution in [3.8, 4) is 0 Å². The second kappa shape index (κ2) is 6.56. The normalized spacial score (nSPS) is 22.8. The maximum atomic E-state index is 5.60. The molecular formula is C15H22IN3O. The Morgan fingerprint density at radius 3 is 2.75 bits per heavy atom. The topological polar surface area (TPSA) is 47.0 Å². The summed E-state index contributed by atoms with van der Waals surface area (Å²) < 4.78 is 6.82. The van der Waals surface area contributed by atoms with E-state index in [0.29, 0.717) is 11.8 Å². The first kappa shape index (κ1) is 14.5. The lowest BCUT2D eigenvalue weighted by Crippen LogP contribution is -2.20. The third-order valence-electron chi connectivity index (χ3n) is 3.93. The number of halogens is 1. The van der Waals surface area contributed by atoms with E-state index in [4.69, 9.17) is 14.7 Å². The van der Waals surface area contributed by atoms with E-state index in [1.807, 2.05) is 0 Å². The molecule has 4 nitrogen and oxygen atoms in total. The zero-order valence-corrected chi connectivity index (χ0v) is 14.1. The molecule has 20 heavy (non-hydrogen) atoms. The van der Waals surface area contributed by atoms with Crippen molar-refractivity contribution in [3.63, 3.8) is 0 Å². The van der Waals surface area contributed by atoms with Crippen molar-refractivity contribution < 1.29 is 4.74 Å². The van der Waals surface area contributed by atoms with Crippen LogP contribution in [0.2, 0.25) is 0 Å². The second-order valence-electron chi connectivity index (χ2n) is 5.74. The Bertz CT molecular complexity index is 470. The van der Waals surface area contributed by atoms with Gasteiger partial charge in [0.15, 0.2) is 0 Å². The number of anilines is 1. The maximum Gasteiger partial charge on any atom is 0.143 e. The van der Waals surface area contributed by atoms with Crippen molar-refractivity contribution in [2.75, 3.05) is 25.1 Å². The van der Waals surface area contributed by atoms with Gasteiger partial charge in [0.05, 0.1) is 15.9 Å². The molecule has 0 radical (unpaired) electrons. The lowest BCUT2D eigenvalue weighted by Gasteiger charge is -2.22. The number of nitrogens with one attached hydrogen (secondary N) is 1. The standard InChI is InChI=1S/C15H22IN3O/c1-2-7-17-15-12(16)13(10-5-6-10)18-14(19-15)11-4-3-8-20-9-11/h10-11H,2-9H2,1H3,(H,17,18,19). The van der Waals surface area contributed by atoms with E-state index < -0.39 is 0 Å². The smallest absolute Gasteiger partial charge is 0.143 e. The molecule has 0 amide bonds. The highest BCUT2D eigenvalue weighted by Crippen LogP contribution is 2.43. The van der Waals surface area contributed by atoms with Crippen LogP contribution in [0, 0.1) is 3.57 Å². The van der Waals surface area contributed by atoms with Gasteiger partial charge < -0.3 is 10.1 Å². The zero-order chi connectivity index (χ0) is 13.9. The summed E-state index contributed by atoms with van der Waals surface area (Å²) in [6.45, 7) is 4.81. The van der Waals surface area contributed by atoms with Gasteiger partial charge in [0.1, 0.15) is 11.6 Å². The number of ether oxygens (including phenoxy) is 1. The molecule has 1 aromatic heterocycles. The van der Waals surface area contributed by atoms with Gasteiger partial charge >= 0.3 is 0 Å². The van der Waals surface area contributed by atoms with Gasteiger partial charge in [-0.2, -0.15) is 0 Å². The molecular weight excluding hydrogens is 365 g/mol. The molecule has 0 spiro atoms. The second-order valence-corrected chi connectivity index (χ2v) is 6.82. The summed E-state index contributed by atoms with van der Waals surface area (Å²) in [5, 5.41) is 3.47. The number of hydrogen-bond acceptors (Lipinski definition) is 4. The van der Waals surface area contributed by atoms with Crippen LogP contribution in [0.4, 0.5) is 5.82 Å². The van der Waals surface area contributed by atoms with Gasteiger partial charge in [-0.1, -0.05) is 6.92 Å². The zero-order valence-electron chi connectivity index (χ0n) is 12.0. The minimum absolute atomic E-state index is 0.375. The first-order valence-electron chi connectivity index (χ1n) is 7.68. The highest BCUT2D eigenvalue weighted by atomic mass is 127. The number of hydrogen-bond donors (Lipinski definition) is 1. The van der Waals surface area contributed by atoms with Gasteiger partial charge in [0, 0.05) is 25.0 Å². The summed E-state index contributed by atoms with van der Waals surface area (Å²) in [6, 6.07) is 0. The first-order valence-corrected chi connectivity index (χ1v) is 8.76. The fraction of sp³-hybridized carbons (Fsp3) is 0.733. The van der Waals surface area contributed by atoms with Crippen LogP contribution in [0.25, 0.3) is 0 Å². The van der Waals surface area contributed by atoms with Crippen LogP contribution in [-0.4, -0.2) is 29.7 Å². The van der Waals surface area contributed by atoms with Crippen molar-refractivity contribution in [2.24, 2.45) is 0 Å². The van der Waals surface area contributed by atoms with Gasteiger partial charge in [0.2, 0.25) is 0 Å². The minimum Gasteiger partial charge on any atom is -0.381 e. The molecule has 0 bridgehead atoms. The van der Waals surface area contributed by atoms with Crippen molar-refractivity contribution in [1.29, 1.82) is 0 Å². The largest absolute Gasteiger partial charge is 0.381 e. The SMILES string of the molecule is CCCNc1nc(C2CCCOC2)nc(C2CC2)c1I. The summed E-state index contributed by atoms with van der Waals surface area (Å²) in [4.78, 5) is 9.68. The van der Waals surface area contributed by atoms with Crippen LogP contribution in [0.1, 0.15) is 62.4 Å². The fourth-order valence-corrected chi connectivity index (χ4v) is 3.47. The minimum atomic E-state index is 0.375. The molecule has 0 aromatic carbocycles. The molecule has 3 rings (SSSR count). The monoisotopic (exact) mass is 387 g/mol. The highest BCUT2D eigenvalue weighted by molar-refractivity contribution is 14.1. The van der Waals surface area contributed by atoms with Crippen LogP contribution in [0.3, 0.4) is 0 Å². The van der Waals surface area contributed by atoms with Gasteiger partial charge in [-0.15, -0.1) is 0 Å². The molecule has 1 aromatic rings. The van der Waals surface area contributed by atoms with E-state index in [2.05, 4.69) is 34.8 Å². The van der Waals surface area contributed by atoms with Crippen LogP contribution in [0.15, 0.2) is 0 Å². The molecule has 1 aliphatic heterocycles. The fourth-order valence-electron chi connectivity index (χ4n) is 2.60. The molecule has 1 saturated carbocycles. The third kappa shape index (κ3) is 3.24. The van der Waals surface area contributed by atoms with Crippen LogP contribution in [0.5, 0.6) is 0 Å². The van der Waals surface area contributed by atoms with Crippen molar-refractivity contribution in [1.82, 2.24) is 9.97 Å². The molecule has 1 aliphatic carbocycles. The maximum absolute atomic E-state index is 5.60. The molecule has 5 heteroatoms. The number of nitrogens with zero attached hydrogens (tertiary/aromatic N) is 2. The van der Waals surface area contributed by atoms with E-state index in [9.17, 15) is 0 Å². The first-order chi connectivity index (χ1) is 9.79. The Morgan fingerprint density at radius 2 is 2.10 bits per heavy atom. The van der Waals surface area contributed by atoms with E-state index in [-0.39, 0.29) is 0 Å². The molecule has 2 aliphatic rings. The predicted molar refractivity (Wildman–Crippen MR) is 88.3 cm³/mol.